The maximum Gasteiger partial charge on any atom is 0.262 e. The van der Waals surface area contributed by atoms with E-state index in [0.29, 0.717) is 11.4 Å². The Balaban J connectivity index is 1.56. The fourth-order valence-corrected chi connectivity index (χ4v) is 3.15. The largest absolute Gasteiger partial charge is 0.483 e. The standard InChI is InChI=1S/C24H25NO3/c1-16-6-5-7-22(14-16)28-21-10-8-20(9-11-21)25-23(26)15-27-24-18(3)12-17(2)13-19(24)4/h5-14H,15H2,1-4H3,(H,25,26). The zero-order valence-electron chi connectivity index (χ0n) is 16.7. The van der Waals surface area contributed by atoms with Crippen LogP contribution in [0.2, 0.25) is 0 Å². The van der Waals surface area contributed by atoms with E-state index in [1.165, 1.54) is 5.56 Å². The van der Waals surface area contributed by atoms with Crippen molar-refractivity contribution >= 4 is 11.6 Å². The smallest absolute Gasteiger partial charge is 0.262 e. The molecule has 1 amide bonds. The minimum Gasteiger partial charge on any atom is -0.483 e. The average molecular weight is 375 g/mol. The van der Waals surface area contributed by atoms with Gasteiger partial charge in [-0.3, -0.25) is 4.79 Å². The number of nitrogens with one attached hydrogen (secondary N) is 1. The first-order valence-corrected chi connectivity index (χ1v) is 9.26. The number of rotatable bonds is 6. The van der Waals surface area contributed by atoms with E-state index in [4.69, 9.17) is 9.47 Å². The predicted octanol–water partition coefficient (Wildman–Crippen LogP) is 5.73. The fraction of sp³-hybridized carbons (Fsp3) is 0.208. The highest BCUT2D eigenvalue weighted by atomic mass is 16.5. The van der Waals surface area contributed by atoms with E-state index >= 15 is 0 Å². The third-order valence-corrected chi connectivity index (χ3v) is 4.32. The molecule has 0 fully saturated rings. The number of benzene rings is 3. The van der Waals surface area contributed by atoms with Crippen molar-refractivity contribution in [1.29, 1.82) is 0 Å². The van der Waals surface area contributed by atoms with Gasteiger partial charge in [-0.25, -0.2) is 0 Å². The van der Waals surface area contributed by atoms with Crippen LogP contribution in [-0.4, -0.2) is 12.5 Å². The molecule has 0 atom stereocenters. The quantitative estimate of drug-likeness (QED) is 0.598. The van der Waals surface area contributed by atoms with Gasteiger partial charge in [-0.2, -0.15) is 0 Å². The molecule has 3 aromatic carbocycles. The molecule has 0 saturated carbocycles. The summed E-state index contributed by atoms with van der Waals surface area (Å²) in [5.74, 6) is 2.06. The van der Waals surface area contributed by atoms with Crippen LogP contribution in [0.15, 0.2) is 60.7 Å². The van der Waals surface area contributed by atoms with Gasteiger partial charge in [0.2, 0.25) is 0 Å². The van der Waals surface area contributed by atoms with Crippen LogP contribution in [0.5, 0.6) is 17.2 Å². The lowest BCUT2D eigenvalue weighted by molar-refractivity contribution is -0.118. The number of carbonyl (C=O) groups excluding carboxylic acids is 1. The molecular formula is C24H25NO3. The van der Waals surface area contributed by atoms with Gasteiger partial charge >= 0.3 is 0 Å². The maximum absolute atomic E-state index is 12.2. The molecule has 0 spiro atoms. The van der Waals surface area contributed by atoms with Crippen LogP contribution in [0, 0.1) is 27.7 Å². The van der Waals surface area contributed by atoms with Gasteiger partial charge in [-0.05, 0) is 80.8 Å². The van der Waals surface area contributed by atoms with Gasteiger partial charge < -0.3 is 14.8 Å². The Labute approximate surface area is 166 Å². The molecule has 3 rings (SSSR count). The molecule has 4 heteroatoms. The molecule has 144 valence electrons. The second-order valence-corrected chi connectivity index (χ2v) is 7.01. The number of carbonyl (C=O) groups is 1. The first kappa shape index (κ1) is 19.5. The first-order valence-electron chi connectivity index (χ1n) is 9.26. The monoisotopic (exact) mass is 375 g/mol. The minimum absolute atomic E-state index is 0.0354. The molecule has 4 nitrogen and oxygen atoms in total. The van der Waals surface area contributed by atoms with E-state index in [9.17, 15) is 4.79 Å². The second-order valence-electron chi connectivity index (χ2n) is 7.01. The summed E-state index contributed by atoms with van der Waals surface area (Å²) < 4.78 is 11.6. The fourth-order valence-electron chi connectivity index (χ4n) is 3.15. The summed E-state index contributed by atoms with van der Waals surface area (Å²) in [4.78, 5) is 12.2. The number of ether oxygens (including phenoxy) is 2. The molecule has 3 aromatic rings. The molecule has 0 unspecified atom stereocenters. The molecule has 0 bridgehead atoms. The Kier molecular flexibility index (Phi) is 5.99. The first-order chi connectivity index (χ1) is 13.4. The lowest BCUT2D eigenvalue weighted by Gasteiger charge is -2.13. The summed E-state index contributed by atoms with van der Waals surface area (Å²) in [6.07, 6.45) is 0. The zero-order chi connectivity index (χ0) is 20.1. The average Bonchev–Trinajstić information content (AvgIpc) is 2.62. The van der Waals surface area contributed by atoms with Gasteiger partial charge in [-0.1, -0.05) is 29.8 Å². The number of amides is 1. The number of anilines is 1. The Morgan fingerprint density at radius 3 is 2.14 bits per heavy atom. The predicted molar refractivity (Wildman–Crippen MR) is 112 cm³/mol. The van der Waals surface area contributed by atoms with Crippen LogP contribution in [0.3, 0.4) is 0 Å². The SMILES string of the molecule is Cc1cccc(Oc2ccc(NC(=O)COc3c(C)cc(C)cc3C)cc2)c1. The number of aryl methyl sites for hydroxylation is 4. The molecule has 0 heterocycles. The van der Waals surface area contributed by atoms with Gasteiger partial charge in [0, 0.05) is 5.69 Å². The Hall–Kier alpha value is -3.27. The molecule has 0 aliphatic heterocycles. The van der Waals surface area contributed by atoms with Crippen LogP contribution < -0.4 is 14.8 Å². The zero-order valence-corrected chi connectivity index (χ0v) is 16.7. The summed E-state index contributed by atoms with van der Waals surface area (Å²) in [6.45, 7) is 8.00. The van der Waals surface area contributed by atoms with Gasteiger partial charge in [0.15, 0.2) is 6.61 Å². The van der Waals surface area contributed by atoms with E-state index in [1.54, 1.807) is 0 Å². The summed E-state index contributed by atoms with van der Waals surface area (Å²) in [5.41, 5.74) is 5.08. The summed E-state index contributed by atoms with van der Waals surface area (Å²) in [5, 5.41) is 2.84. The van der Waals surface area contributed by atoms with Gasteiger partial charge in [0.05, 0.1) is 0 Å². The Morgan fingerprint density at radius 1 is 0.821 bits per heavy atom. The Bertz CT molecular complexity index is 954. The molecular weight excluding hydrogens is 350 g/mol. The molecule has 0 aliphatic rings. The van der Waals surface area contributed by atoms with E-state index in [0.717, 1.165) is 28.2 Å². The molecule has 0 aromatic heterocycles. The van der Waals surface area contributed by atoms with Crippen molar-refractivity contribution in [2.45, 2.75) is 27.7 Å². The summed E-state index contributed by atoms with van der Waals surface area (Å²) in [7, 11) is 0. The van der Waals surface area contributed by atoms with Crippen LogP contribution in [-0.2, 0) is 4.79 Å². The van der Waals surface area contributed by atoms with Crippen molar-refractivity contribution in [3.63, 3.8) is 0 Å². The summed E-state index contributed by atoms with van der Waals surface area (Å²) >= 11 is 0. The highest BCUT2D eigenvalue weighted by Crippen LogP contribution is 2.25. The van der Waals surface area contributed by atoms with Crippen LogP contribution in [0.25, 0.3) is 0 Å². The minimum atomic E-state index is -0.202. The van der Waals surface area contributed by atoms with E-state index in [2.05, 4.69) is 5.32 Å². The highest BCUT2D eigenvalue weighted by molar-refractivity contribution is 5.91. The lowest BCUT2D eigenvalue weighted by atomic mass is 10.1. The number of hydrogen-bond donors (Lipinski definition) is 1. The van der Waals surface area contributed by atoms with Crippen molar-refractivity contribution in [2.75, 3.05) is 11.9 Å². The molecule has 0 radical (unpaired) electrons. The van der Waals surface area contributed by atoms with Gasteiger partial charge in [-0.15, -0.1) is 0 Å². The maximum atomic E-state index is 12.2. The molecule has 28 heavy (non-hydrogen) atoms. The Morgan fingerprint density at radius 2 is 1.50 bits per heavy atom. The molecule has 0 aliphatic carbocycles. The molecule has 0 saturated heterocycles. The molecule has 1 N–H and O–H groups in total. The topological polar surface area (TPSA) is 47.6 Å². The van der Waals surface area contributed by atoms with E-state index in [1.807, 2.05) is 88.4 Å². The third-order valence-electron chi connectivity index (χ3n) is 4.32. The van der Waals surface area contributed by atoms with Crippen molar-refractivity contribution < 1.29 is 14.3 Å². The summed E-state index contributed by atoms with van der Waals surface area (Å²) in [6, 6.07) is 19.2. The van der Waals surface area contributed by atoms with Crippen molar-refractivity contribution in [1.82, 2.24) is 0 Å². The van der Waals surface area contributed by atoms with Gasteiger partial charge in [0.1, 0.15) is 17.2 Å². The van der Waals surface area contributed by atoms with Crippen molar-refractivity contribution in [2.24, 2.45) is 0 Å². The van der Waals surface area contributed by atoms with Crippen molar-refractivity contribution in [3.05, 3.63) is 82.9 Å². The van der Waals surface area contributed by atoms with Crippen LogP contribution in [0.4, 0.5) is 5.69 Å². The normalized spacial score (nSPS) is 10.4. The van der Waals surface area contributed by atoms with Crippen LogP contribution >= 0.6 is 0 Å². The lowest BCUT2D eigenvalue weighted by Crippen LogP contribution is -2.20. The van der Waals surface area contributed by atoms with Gasteiger partial charge in [0.25, 0.3) is 5.91 Å². The van der Waals surface area contributed by atoms with E-state index in [-0.39, 0.29) is 12.5 Å². The third kappa shape index (κ3) is 5.13. The number of hydrogen-bond acceptors (Lipinski definition) is 3. The second kappa shape index (κ2) is 8.61. The van der Waals surface area contributed by atoms with Crippen LogP contribution in [0.1, 0.15) is 22.3 Å². The van der Waals surface area contributed by atoms with Crippen molar-refractivity contribution in [3.8, 4) is 17.2 Å². The van der Waals surface area contributed by atoms with E-state index < -0.39 is 0 Å². The highest BCUT2D eigenvalue weighted by Gasteiger charge is 2.09.